The fourth-order valence-corrected chi connectivity index (χ4v) is 4.47. The molecule has 3 heterocycles. The molecule has 9 heteroatoms. The summed E-state index contributed by atoms with van der Waals surface area (Å²) < 4.78 is 16.5. The van der Waals surface area contributed by atoms with Crippen molar-refractivity contribution in [2.45, 2.75) is 19.3 Å². The van der Waals surface area contributed by atoms with Crippen LogP contribution in [0.25, 0.3) is 0 Å². The summed E-state index contributed by atoms with van der Waals surface area (Å²) in [5.41, 5.74) is 1.29. The molecule has 1 aromatic heterocycles. The van der Waals surface area contributed by atoms with Crippen LogP contribution in [0.2, 0.25) is 5.02 Å². The van der Waals surface area contributed by atoms with E-state index in [0.717, 1.165) is 55.1 Å². The van der Waals surface area contributed by atoms with Gasteiger partial charge in [-0.3, -0.25) is 9.80 Å². The maximum Gasteiger partial charge on any atom is 0.198 e. The maximum absolute atomic E-state index is 6.14. The van der Waals surface area contributed by atoms with Crippen LogP contribution in [0.5, 0.6) is 11.5 Å². The SMILES string of the molecule is Cn1c(C2COc3ccccc3O2)nn(CN2CCN(Cc3ccc(Cl)cc3)CC2)c1=S. The van der Waals surface area contributed by atoms with E-state index < -0.39 is 0 Å². The molecular formula is C23H26ClN5O2S. The van der Waals surface area contributed by atoms with Gasteiger partial charge in [-0.1, -0.05) is 35.9 Å². The molecule has 7 nitrogen and oxygen atoms in total. The summed E-state index contributed by atoms with van der Waals surface area (Å²) >= 11 is 11.7. The van der Waals surface area contributed by atoms with Crippen molar-refractivity contribution in [3.8, 4) is 11.5 Å². The van der Waals surface area contributed by atoms with Crippen LogP contribution in [-0.2, 0) is 20.3 Å². The van der Waals surface area contributed by atoms with Gasteiger partial charge in [-0.25, -0.2) is 4.68 Å². The summed E-state index contributed by atoms with van der Waals surface area (Å²) in [5.74, 6) is 2.29. The van der Waals surface area contributed by atoms with Crippen LogP contribution in [0.4, 0.5) is 0 Å². The van der Waals surface area contributed by atoms with E-state index in [1.807, 2.05) is 52.7 Å². The number of fused-ring (bicyclic) bond motifs is 1. The Morgan fingerprint density at radius 3 is 2.44 bits per heavy atom. The van der Waals surface area contributed by atoms with Crippen LogP contribution >= 0.6 is 23.8 Å². The Labute approximate surface area is 197 Å². The first-order chi connectivity index (χ1) is 15.6. The summed E-state index contributed by atoms with van der Waals surface area (Å²) in [7, 11) is 1.94. The van der Waals surface area contributed by atoms with Crippen molar-refractivity contribution in [1.29, 1.82) is 0 Å². The molecule has 0 N–H and O–H groups in total. The molecule has 0 spiro atoms. The highest BCUT2D eigenvalue weighted by atomic mass is 35.5. The zero-order valence-corrected chi connectivity index (χ0v) is 19.6. The molecule has 168 valence electrons. The van der Waals surface area contributed by atoms with Crippen LogP contribution in [0.15, 0.2) is 48.5 Å². The minimum Gasteiger partial charge on any atom is -0.485 e. The highest BCUT2D eigenvalue weighted by molar-refractivity contribution is 7.71. The summed E-state index contributed by atoms with van der Waals surface area (Å²) in [6.07, 6.45) is -0.283. The molecule has 0 radical (unpaired) electrons. The molecule has 0 bridgehead atoms. The standard InChI is InChI=1S/C23H26ClN5O2S/c1-26-22(21-15-30-19-4-2-3-5-20(19)31-21)25-29(23(26)32)16-28-12-10-27(11-13-28)14-17-6-8-18(24)9-7-17/h2-9,21H,10-16H2,1H3. The first-order valence-corrected chi connectivity index (χ1v) is 11.6. The van der Waals surface area contributed by atoms with Gasteiger partial charge in [0, 0.05) is 44.8 Å². The minimum absolute atomic E-state index is 0.283. The van der Waals surface area contributed by atoms with Gasteiger partial charge in [0.2, 0.25) is 0 Å². The number of piperazine rings is 1. The van der Waals surface area contributed by atoms with Crippen molar-refractivity contribution in [2.24, 2.45) is 7.05 Å². The predicted octanol–water partition coefficient (Wildman–Crippen LogP) is 3.89. The highest BCUT2D eigenvalue weighted by Crippen LogP contribution is 2.35. The summed E-state index contributed by atoms with van der Waals surface area (Å²) in [5, 5.41) is 5.57. The Morgan fingerprint density at radius 1 is 1.00 bits per heavy atom. The number of ether oxygens (including phenoxy) is 2. The number of benzene rings is 2. The normalized spacial score (nSPS) is 19.2. The zero-order valence-electron chi connectivity index (χ0n) is 18.0. The molecule has 0 amide bonds. The van der Waals surface area contributed by atoms with Gasteiger partial charge in [-0.05, 0) is 42.0 Å². The second-order valence-electron chi connectivity index (χ2n) is 8.23. The van der Waals surface area contributed by atoms with Crippen LogP contribution in [0, 0.1) is 4.77 Å². The number of hydrogen-bond donors (Lipinski definition) is 0. The fraction of sp³-hybridized carbons (Fsp3) is 0.391. The van der Waals surface area contributed by atoms with Crippen molar-refractivity contribution in [2.75, 3.05) is 32.8 Å². The molecule has 5 rings (SSSR count). The molecule has 1 saturated heterocycles. The second-order valence-corrected chi connectivity index (χ2v) is 9.03. The third kappa shape index (κ3) is 4.54. The molecule has 32 heavy (non-hydrogen) atoms. The molecule has 1 fully saturated rings. The summed E-state index contributed by atoms with van der Waals surface area (Å²) in [6.45, 7) is 5.98. The quantitative estimate of drug-likeness (QED) is 0.526. The summed E-state index contributed by atoms with van der Waals surface area (Å²) in [4.78, 5) is 4.85. The number of aromatic nitrogens is 3. The van der Waals surface area contributed by atoms with E-state index in [9.17, 15) is 0 Å². The zero-order chi connectivity index (χ0) is 22.1. The molecule has 3 aromatic rings. The molecule has 2 aromatic carbocycles. The van der Waals surface area contributed by atoms with Crippen molar-refractivity contribution in [3.05, 3.63) is 69.7 Å². The highest BCUT2D eigenvalue weighted by Gasteiger charge is 2.28. The molecule has 2 aliphatic rings. The van der Waals surface area contributed by atoms with Gasteiger partial charge >= 0.3 is 0 Å². The van der Waals surface area contributed by atoms with Gasteiger partial charge in [0.15, 0.2) is 28.2 Å². The molecule has 0 aliphatic carbocycles. The van der Waals surface area contributed by atoms with Gasteiger partial charge in [0.05, 0.1) is 6.67 Å². The van der Waals surface area contributed by atoms with Crippen LogP contribution < -0.4 is 9.47 Å². The van der Waals surface area contributed by atoms with Crippen molar-refractivity contribution in [3.63, 3.8) is 0 Å². The first kappa shape index (κ1) is 21.5. The molecule has 2 aliphatic heterocycles. The number of hydrogen-bond acceptors (Lipinski definition) is 6. The van der Waals surface area contributed by atoms with Crippen molar-refractivity contribution >= 4 is 23.8 Å². The van der Waals surface area contributed by atoms with E-state index in [1.54, 1.807) is 0 Å². The van der Waals surface area contributed by atoms with Crippen LogP contribution in [0.3, 0.4) is 0 Å². The Balaban J connectivity index is 1.20. The monoisotopic (exact) mass is 471 g/mol. The molecular weight excluding hydrogens is 446 g/mol. The van der Waals surface area contributed by atoms with Crippen molar-refractivity contribution in [1.82, 2.24) is 24.1 Å². The van der Waals surface area contributed by atoms with Crippen LogP contribution in [0.1, 0.15) is 17.5 Å². The maximum atomic E-state index is 6.14. The lowest BCUT2D eigenvalue weighted by Gasteiger charge is -2.34. The number of nitrogens with zero attached hydrogens (tertiary/aromatic N) is 5. The van der Waals surface area contributed by atoms with Crippen LogP contribution in [-0.4, -0.2) is 56.9 Å². The predicted molar refractivity (Wildman–Crippen MR) is 126 cm³/mol. The fourth-order valence-electron chi connectivity index (χ4n) is 4.15. The van der Waals surface area contributed by atoms with E-state index in [1.165, 1.54) is 5.56 Å². The van der Waals surface area contributed by atoms with Gasteiger partial charge in [0.25, 0.3) is 0 Å². The summed E-state index contributed by atoms with van der Waals surface area (Å²) in [6, 6.07) is 15.8. The van der Waals surface area contributed by atoms with E-state index >= 15 is 0 Å². The average Bonchev–Trinajstić information content (AvgIpc) is 3.10. The first-order valence-electron chi connectivity index (χ1n) is 10.8. The van der Waals surface area contributed by atoms with E-state index in [4.69, 9.17) is 38.4 Å². The Hall–Kier alpha value is -2.39. The number of halogens is 1. The molecule has 0 saturated carbocycles. The molecule has 1 atom stereocenters. The third-order valence-corrected chi connectivity index (χ3v) is 6.73. The third-order valence-electron chi connectivity index (χ3n) is 5.99. The lowest BCUT2D eigenvalue weighted by molar-refractivity contribution is 0.0804. The average molecular weight is 472 g/mol. The van der Waals surface area contributed by atoms with Gasteiger partial charge in [-0.15, -0.1) is 0 Å². The lowest BCUT2D eigenvalue weighted by Crippen LogP contribution is -2.46. The number of rotatable bonds is 5. The smallest absolute Gasteiger partial charge is 0.198 e. The van der Waals surface area contributed by atoms with Crippen molar-refractivity contribution < 1.29 is 9.47 Å². The van der Waals surface area contributed by atoms with E-state index in [0.29, 0.717) is 18.0 Å². The number of para-hydroxylation sites is 2. The van der Waals surface area contributed by atoms with Gasteiger partial charge in [0.1, 0.15) is 6.61 Å². The largest absolute Gasteiger partial charge is 0.485 e. The topological polar surface area (TPSA) is 47.7 Å². The molecule has 1 unspecified atom stereocenters. The minimum atomic E-state index is -0.283. The Morgan fingerprint density at radius 2 is 1.69 bits per heavy atom. The second kappa shape index (κ2) is 9.23. The van der Waals surface area contributed by atoms with E-state index in [-0.39, 0.29) is 6.10 Å². The lowest BCUT2D eigenvalue weighted by atomic mass is 10.2. The Bertz CT molecular complexity index is 1140. The Kier molecular flexibility index (Phi) is 6.19. The van der Waals surface area contributed by atoms with E-state index in [2.05, 4.69) is 21.9 Å². The van der Waals surface area contributed by atoms with Gasteiger partial charge in [-0.2, -0.15) is 5.10 Å². The van der Waals surface area contributed by atoms with Gasteiger partial charge < -0.3 is 14.0 Å².